The maximum absolute atomic E-state index is 9.16. The van der Waals surface area contributed by atoms with E-state index < -0.39 is 6.29 Å². The fraction of sp³-hybridized carbons (Fsp3) is 1.00. The van der Waals surface area contributed by atoms with Crippen LogP contribution < -0.4 is 0 Å². The summed E-state index contributed by atoms with van der Waals surface area (Å²) >= 11 is 0. The molecular formula is C11H25O4P. The second kappa shape index (κ2) is 8.37. The molecule has 0 bridgehead atoms. The minimum Gasteiger partial charge on any atom is -0.393 e. The zero-order valence-electron chi connectivity index (χ0n) is 10.9. The van der Waals surface area contributed by atoms with Crippen molar-refractivity contribution in [3.05, 3.63) is 0 Å². The van der Waals surface area contributed by atoms with Crippen molar-refractivity contribution in [1.82, 2.24) is 0 Å². The smallest absolute Gasteiger partial charge is 0.182 e. The number of aliphatic hydroxyl groups excluding tert-OH is 1. The number of methoxy groups -OCH3 is 1. The first kappa shape index (κ1) is 16.3. The lowest BCUT2D eigenvalue weighted by Gasteiger charge is -2.29. The Bertz CT molecular complexity index is 170. The van der Waals surface area contributed by atoms with Gasteiger partial charge in [-0.3, -0.25) is 0 Å². The summed E-state index contributed by atoms with van der Waals surface area (Å²) in [7, 11) is 2.19. The Morgan fingerprint density at radius 1 is 1.31 bits per heavy atom. The van der Waals surface area contributed by atoms with Crippen molar-refractivity contribution < 1.29 is 19.3 Å². The fourth-order valence-electron chi connectivity index (χ4n) is 1.20. The zero-order valence-corrected chi connectivity index (χ0v) is 11.9. The molecular weight excluding hydrogens is 227 g/mol. The average Bonchev–Trinajstić information content (AvgIpc) is 2.15. The SMILES string of the molecule is CCPC(CO)OC(COC)OC(C)(C)C. The van der Waals surface area contributed by atoms with E-state index >= 15 is 0 Å². The minimum atomic E-state index is -0.416. The van der Waals surface area contributed by atoms with Crippen molar-refractivity contribution in [1.29, 1.82) is 0 Å². The summed E-state index contributed by atoms with van der Waals surface area (Å²) in [5.74, 6) is -0.146. The summed E-state index contributed by atoms with van der Waals surface area (Å²) in [6.07, 6.45) is 0.585. The summed E-state index contributed by atoms with van der Waals surface area (Å²) < 4.78 is 16.4. The molecule has 0 saturated carbocycles. The Kier molecular flexibility index (Phi) is 8.52. The predicted octanol–water partition coefficient (Wildman–Crippen LogP) is 1.81. The molecule has 5 heteroatoms. The number of aliphatic hydroxyl groups is 1. The van der Waals surface area contributed by atoms with Crippen molar-refractivity contribution >= 4 is 8.58 Å². The van der Waals surface area contributed by atoms with Gasteiger partial charge in [-0.1, -0.05) is 15.5 Å². The van der Waals surface area contributed by atoms with Gasteiger partial charge in [0.1, 0.15) is 0 Å². The molecule has 1 N–H and O–H groups in total. The molecule has 0 rings (SSSR count). The van der Waals surface area contributed by atoms with Gasteiger partial charge in [0.2, 0.25) is 0 Å². The largest absolute Gasteiger partial charge is 0.393 e. The molecule has 0 aromatic heterocycles. The van der Waals surface area contributed by atoms with Crippen LogP contribution in [0, 0.1) is 0 Å². The van der Waals surface area contributed by atoms with E-state index in [0.29, 0.717) is 15.2 Å². The standard InChI is InChI=1S/C11H25O4P/c1-6-16-10(7-12)14-9(8-13-5)15-11(2,3)4/h9-10,12,16H,6-8H2,1-5H3. The lowest BCUT2D eigenvalue weighted by Crippen LogP contribution is -2.35. The molecule has 0 aliphatic rings. The van der Waals surface area contributed by atoms with Crippen LogP contribution in [-0.4, -0.2) is 49.3 Å². The van der Waals surface area contributed by atoms with Crippen molar-refractivity contribution in [2.75, 3.05) is 26.5 Å². The van der Waals surface area contributed by atoms with Crippen LogP contribution in [-0.2, 0) is 14.2 Å². The molecule has 0 fully saturated rings. The molecule has 16 heavy (non-hydrogen) atoms. The predicted molar refractivity (Wildman–Crippen MR) is 67.3 cm³/mol. The molecule has 0 saturated heterocycles. The second-order valence-corrected chi connectivity index (χ2v) is 6.24. The van der Waals surface area contributed by atoms with E-state index in [9.17, 15) is 0 Å². The highest BCUT2D eigenvalue weighted by Gasteiger charge is 2.22. The summed E-state index contributed by atoms with van der Waals surface area (Å²) in [5.41, 5.74) is -0.279. The van der Waals surface area contributed by atoms with Gasteiger partial charge in [-0.15, -0.1) is 0 Å². The quantitative estimate of drug-likeness (QED) is 0.528. The molecule has 98 valence electrons. The third-order valence-electron chi connectivity index (χ3n) is 1.70. The molecule has 0 spiro atoms. The number of ether oxygens (including phenoxy) is 3. The Labute approximate surface area is 100 Å². The Hall–Kier alpha value is 0.270. The van der Waals surface area contributed by atoms with E-state index in [1.165, 1.54) is 0 Å². The molecule has 0 radical (unpaired) electrons. The fourth-order valence-corrected chi connectivity index (χ4v) is 2.03. The topological polar surface area (TPSA) is 47.9 Å². The van der Waals surface area contributed by atoms with Gasteiger partial charge in [0.15, 0.2) is 6.29 Å². The van der Waals surface area contributed by atoms with Gasteiger partial charge in [0, 0.05) is 7.11 Å². The Morgan fingerprint density at radius 2 is 1.94 bits per heavy atom. The lowest BCUT2D eigenvalue weighted by molar-refractivity contribution is -0.222. The molecule has 0 aromatic carbocycles. The van der Waals surface area contributed by atoms with Gasteiger partial charge in [0.05, 0.1) is 24.7 Å². The molecule has 0 aromatic rings. The van der Waals surface area contributed by atoms with Crippen LogP contribution in [0.1, 0.15) is 27.7 Å². The zero-order chi connectivity index (χ0) is 12.6. The third-order valence-corrected chi connectivity index (χ3v) is 2.88. The van der Waals surface area contributed by atoms with E-state index in [-0.39, 0.29) is 18.1 Å². The summed E-state index contributed by atoms with van der Waals surface area (Å²) in [6, 6.07) is 0. The summed E-state index contributed by atoms with van der Waals surface area (Å²) in [5, 5.41) is 9.16. The van der Waals surface area contributed by atoms with Crippen LogP contribution in [0.4, 0.5) is 0 Å². The molecule has 0 aliphatic heterocycles. The highest BCUT2D eigenvalue weighted by Crippen LogP contribution is 2.22. The Morgan fingerprint density at radius 3 is 2.31 bits per heavy atom. The average molecular weight is 252 g/mol. The van der Waals surface area contributed by atoms with Gasteiger partial charge >= 0.3 is 0 Å². The Balaban J connectivity index is 4.19. The monoisotopic (exact) mass is 252 g/mol. The van der Waals surface area contributed by atoms with Crippen molar-refractivity contribution in [3.63, 3.8) is 0 Å². The van der Waals surface area contributed by atoms with Gasteiger partial charge < -0.3 is 19.3 Å². The van der Waals surface area contributed by atoms with Crippen molar-refractivity contribution in [2.45, 2.75) is 45.4 Å². The van der Waals surface area contributed by atoms with Crippen LogP contribution in [0.25, 0.3) is 0 Å². The van der Waals surface area contributed by atoms with Crippen molar-refractivity contribution in [3.8, 4) is 0 Å². The molecule has 4 nitrogen and oxygen atoms in total. The van der Waals surface area contributed by atoms with Gasteiger partial charge in [-0.2, -0.15) is 0 Å². The second-order valence-electron chi connectivity index (χ2n) is 4.48. The van der Waals surface area contributed by atoms with E-state index in [2.05, 4.69) is 6.92 Å². The van der Waals surface area contributed by atoms with E-state index in [4.69, 9.17) is 19.3 Å². The first-order valence-corrected chi connectivity index (χ1v) is 6.87. The van der Waals surface area contributed by atoms with E-state index in [0.717, 1.165) is 6.16 Å². The number of rotatable bonds is 8. The number of hydrogen-bond donors (Lipinski definition) is 1. The van der Waals surface area contributed by atoms with Crippen LogP contribution in [0.15, 0.2) is 0 Å². The maximum atomic E-state index is 9.16. The maximum Gasteiger partial charge on any atom is 0.182 e. The summed E-state index contributed by atoms with van der Waals surface area (Å²) in [4.78, 5) is 0. The van der Waals surface area contributed by atoms with Crippen LogP contribution in [0.2, 0.25) is 0 Å². The normalized spacial score (nSPS) is 16.9. The van der Waals surface area contributed by atoms with Crippen LogP contribution in [0.3, 0.4) is 0 Å². The molecule has 0 amide bonds. The number of hydrogen-bond acceptors (Lipinski definition) is 4. The lowest BCUT2D eigenvalue weighted by atomic mass is 10.2. The molecule has 0 aliphatic carbocycles. The van der Waals surface area contributed by atoms with E-state index in [1.807, 2.05) is 20.8 Å². The molecule has 3 atom stereocenters. The van der Waals surface area contributed by atoms with Gasteiger partial charge in [0.25, 0.3) is 0 Å². The third kappa shape index (κ3) is 8.43. The van der Waals surface area contributed by atoms with Crippen molar-refractivity contribution in [2.24, 2.45) is 0 Å². The first-order valence-electron chi connectivity index (χ1n) is 5.59. The highest BCUT2D eigenvalue weighted by molar-refractivity contribution is 7.38. The molecule has 3 unspecified atom stereocenters. The van der Waals surface area contributed by atoms with Gasteiger partial charge in [-0.25, -0.2) is 0 Å². The highest BCUT2D eigenvalue weighted by atomic mass is 31.1. The minimum absolute atomic E-state index is 0.0278. The van der Waals surface area contributed by atoms with Crippen LogP contribution >= 0.6 is 8.58 Å². The first-order chi connectivity index (χ1) is 7.42. The van der Waals surface area contributed by atoms with Crippen LogP contribution in [0.5, 0.6) is 0 Å². The molecule has 0 heterocycles. The summed E-state index contributed by atoms with van der Waals surface area (Å²) in [6.45, 7) is 8.38. The van der Waals surface area contributed by atoms with Gasteiger partial charge in [-0.05, 0) is 26.9 Å². The van der Waals surface area contributed by atoms with E-state index in [1.54, 1.807) is 7.11 Å².